The Labute approximate surface area is 146 Å². The molecule has 25 heavy (non-hydrogen) atoms. The SMILES string of the molecule is CCCOC(=O)c1ccc(NC(=O)C[n+]2cccc(C(C)=O)c2)cc1. The number of hydrogen-bond acceptors (Lipinski definition) is 4. The summed E-state index contributed by atoms with van der Waals surface area (Å²) in [5.41, 5.74) is 1.57. The summed E-state index contributed by atoms with van der Waals surface area (Å²) in [5.74, 6) is -0.663. The van der Waals surface area contributed by atoms with Crippen LogP contribution in [0.4, 0.5) is 5.69 Å². The van der Waals surface area contributed by atoms with E-state index in [4.69, 9.17) is 4.74 Å². The number of esters is 1. The zero-order valence-corrected chi connectivity index (χ0v) is 14.3. The van der Waals surface area contributed by atoms with Gasteiger partial charge in [0.2, 0.25) is 6.54 Å². The van der Waals surface area contributed by atoms with Crippen molar-refractivity contribution in [2.24, 2.45) is 0 Å². The third-order valence-corrected chi connectivity index (χ3v) is 3.43. The van der Waals surface area contributed by atoms with Crippen LogP contribution in [0.5, 0.6) is 0 Å². The van der Waals surface area contributed by atoms with Crippen molar-refractivity contribution in [1.29, 1.82) is 0 Å². The van der Waals surface area contributed by atoms with Gasteiger partial charge in [0.05, 0.1) is 17.7 Å². The number of benzene rings is 1. The maximum Gasteiger partial charge on any atom is 0.338 e. The molecule has 0 unspecified atom stereocenters. The Hall–Kier alpha value is -3.02. The van der Waals surface area contributed by atoms with E-state index in [0.717, 1.165) is 6.42 Å². The molecule has 0 aliphatic rings. The minimum absolute atomic E-state index is 0.0553. The number of anilines is 1. The Morgan fingerprint density at radius 1 is 1.08 bits per heavy atom. The predicted molar refractivity (Wildman–Crippen MR) is 92.3 cm³/mol. The lowest BCUT2D eigenvalue weighted by Gasteiger charge is -2.06. The van der Waals surface area contributed by atoms with Crippen molar-refractivity contribution in [1.82, 2.24) is 0 Å². The molecule has 0 saturated carbocycles. The number of amides is 1. The Balaban J connectivity index is 1.95. The third-order valence-electron chi connectivity index (χ3n) is 3.43. The second-order valence-corrected chi connectivity index (χ2v) is 5.58. The van der Waals surface area contributed by atoms with Crippen molar-refractivity contribution in [3.8, 4) is 0 Å². The van der Waals surface area contributed by atoms with Crippen LogP contribution in [-0.4, -0.2) is 24.3 Å². The van der Waals surface area contributed by atoms with Gasteiger partial charge in [-0.05, 0) is 43.7 Å². The summed E-state index contributed by atoms with van der Waals surface area (Å²) in [4.78, 5) is 35.2. The molecule has 6 nitrogen and oxygen atoms in total. The Bertz CT molecular complexity index is 769. The van der Waals surface area contributed by atoms with Crippen molar-refractivity contribution in [3.05, 3.63) is 59.9 Å². The summed E-state index contributed by atoms with van der Waals surface area (Å²) in [6.45, 7) is 3.87. The van der Waals surface area contributed by atoms with E-state index in [9.17, 15) is 14.4 Å². The van der Waals surface area contributed by atoms with Gasteiger partial charge >= 0.3 is 5.97 Å². The van der Waals surface area contributed by atoms with E-state index in [2.05, 4.69) is 5.32 Å². The van der Waals surface area contributed by atoms with Gasteiger partial charge in [-0.15, -0.1) is 0 Å². The van der Waals surface area contributed by atoms with Gasteiger partial charge in [0, 0.05) is 11.8 Å². The molecule has 0 radical (unpaired) electrons. The number of carbonyl (C=O) groups excluding carboxylic acids is 3. The average molecular weight is 341 g/mol. The van der Waals surface area contributed by atoms with Crippen LogP contribution in [0.25, 0.3) is 0 Å². The Kier molecular flexibility index (Phi) is 6.39. The van der Waals surface area contributed by atoms with E-state index >= 15 is 0 Å². The first-order valence-corrected chi connectivity index (χ1v) is 8.06. The van der Waals surface area contributed by atoms with E-state index in [1.807, 2.05) is 6.92 Å². The fraction of sp³-hybridized carbons (Fsp3) is 0.263. The molecular formula is C19H21N2O4+. The second-order valence-electron chi connectivity index (χ2n) is 5.58. The van der Waals surface area contributed by atoms with Gasteiger partial charge in [0.15, 0.2) is 18.2 Å². The van der Waals surface area contributed by atoms with Gasteiger partial charge in [0.25, 0.3) is 5.91 Å². The molecule has 0 aliphatic heterocycles. The van der Waals surface area contributed by atoms with E-state index in [0.29, 0.717) is 23.4 Å². The zero-order chi connectivity index (χ0) is 18.2. The molecule has 1 aromatic heterocycles. The minimum atomic E-state index is -0.378. The molecule has 0 atom stereocenters. The van der Waals surface area contributed by atoms with Crippen LogP contribution in [0.3, 0.4) is 0 Å². The summed E-state index contributed by atoms with van der Waals surface area (Å²) in [5, 5.41) is 2.75. The molecule has 130 valence electrons. The van der Waals surface area contributed by atoms with Crippen molar-refractivity contribution in [3.63, 3.8) is 0 Å². The van der Waals surface area contributed by atoms with Crippen LogP contribution in [0.15, 0.2) is 48.8 Å². The predicted octanol–water partition coefficient (Wildman–Crippen LogP) is 2.38. The van der Waals surface area contributed by atoms with E-state index in [1.165, 1.54) is 6.92 Å². The number of nitrogens with one attached hydrogen (secondary N) is 1. The van der Waals surface area contributed by atoms with Crippen LogP contribution in [0.2, 0.25) is 0 Å². The lowest BCUT2D eigenvalue weighted by molar-refractivity contribution is -0.684. The molecule has 0 saturated heterocycles. The molecule has 1 N–H and O–H groups in total. The van der Waals surface area contributed by atoms with Crippen molar-refractivity contribution in [2.45, 2.75) is 26.8 Å². The standard InChI is InChI=1S/C19H20N2O4/c1-3-11-25-19(24)15-6-8-17(9-7-15)20-18(23)13-21-10-4-5-16(12-21)14(2)22/h4-10,12H,3,11,13H2,1-2H3/p+1. The normalized spacial score (nSPS) is 10.2. The monoisotopic (exact) mass is 341 g/mol. The summed E-state index contributed by atoms with van der Waals surface area (Å²) in [6, 6.07) is 9.94. The van der Waals surface area contributed by atoms with E-state index < -0.39 is 0 Å². The molecular weight excluding hydrogens is 320 g/mol. The highest BCUT2D eigenvalue weighted by Gasteiger charge is 2.12. The summed E-state index contributed by atoms with van der Waals surface area (Å²) in [6.07, 6.45) is 4.12. The first-order chi connectivity index (χ1) is 12.0. The summed E-state index contributed by atoms with van der Waals surface area (Å²) in [7, 11) is 0. The Morgan fingerprint density at radius 3 is 2.44 bits per heavy atom. The number of pyridine rings is 1. The van der Waals surface area contributed by atoms with Crippen molar-refractivity contribution < 1.29 is 23.7 Å². The average Bonchev–Trinajstić information content (AvgIpc) is 2.60. The van der Waals surface area contributed by atoms with Crippen molar-refractivity contribution >= 4 is 23.3 Å². The van der Waals surface area contributed by atoms with Crippen LogP contribution < -0.4 is 9.88 Å². The number of ketones is 1. The van der Waals surface area contributed by atoms with E-state index in [1.54, 1.807) is 53.4 Å². The molecule has 1 heterocycles. The number of rotatable bonds is 7. The molecule has 1 aromatic carbocycles. The number of ether oxygens (including phenoxy) is 1. The van der Waals surface area contributed by atoms with Crippen LogP contribution in [-0.2, 0) is 16.1 Å². The summed E-state index contributed by atoms with van der Waals surface area (Å²) >= 11 is 0. The quantitative estimate of drug-likeness (QED) is 0.477. The van der Waals surface area contributed by atoms with Gasteiger partial charge < -0.3 is 10.1 Å². The van der Waals surface area contributed by atoms with E-state index in [-0.39, 0.29) is 24.2 Å². The highest BCUT2D eigenvalue weighted by Crippen LogP contribution is 2.10. The maximum atomic E-state index is 12.1. The molecule has 0 aliphatic carbocycles. The van der Waals surface area contributed by atoms with Gasteiger partial charge in [-0.3, -0.25) is 9.59 Å². The van der Waals surface area contributed by atoms with Crippen LogP contribution in [0.1, 0.15) is 41.0 Å². The highest BCUT2D eigenvalue weighted by atomic mass is 16.5. The number of aromatic nitrogens is 1. The molecule has 0 fully saturated rings. The number of Topliss-reactive ketones (excluding diaryl/α,β-unsaturated/α-hetero) is 1. The van der Waals surface area contributed by atoms with Crippen LogP contribution in [0, 0.1) is 0 Å². The number of nitrogens with zero attached hydrogens (tertiary/aromatic N) is 1. The smallest absolute Gasteiger partial charge is 0.338 e. The summed E-state index contributed by atoms with van der Waals surface area (Å²) < 4.78 is 6.69. The fourth-order valence-corrected chi connectivity index (χ4v) is 2.16. The van der Waals surface area contributed by atoms with Crippen molar-refractivity contribution in [2.75, 3.05) is 11.9 Å². The molecule has 1 amide bonds. The molecule has 0 bridgehead atoms. The first kappa shape index (κ1) is 18.3. The molecule has 6 heteroatoms. The second kappa shape index (κ2) is 8.73. The third kappa shape index (κ3) is 5.53. The number of carbonyl (C=O) groups is 3. The zero-order valence-electron chi connectivity index (χ0n) is 14.3. The molecule has 2 rings (SSSR count). The van der Waals surface area contributed by atoms with Crippen LogP contribution >= 0.6 is 0 Å². The largest absolute Gasteiger partial charge is 0.462 e. The lowest BCUT2D eigenvalue weighted by Crippen LogP contribution is -2.40. The van der Waals surface area contributed by atoms with Gasteiger partial charge in [0.1, 0.15) is 0 Å². The molecule has 0 spiro atoms. The topological polar surface area (TPSA) is 76.3 Å². The Morgan fingerprint density at radius 2 is 1.80 bits per heavy atom. The molecule has 2 aromatic rings. The number of hydrogen-bond donors (Lipinski definition) is 1. The fourth-order valence-electron chi connectivity index (χ4n) is 2.16. The highest BCUT2D eigenvalue weighted by molar-refractivity contribution is 5.94. The van der Waals surface area contributed by atoms with Gasteiger partial charge in [-0.25, -0.2) is 4.79 Å². The minimum Gasteiger partial charge on any atom is -0.462 e. The lowest BCUT2D eigenvalue weighted by atomic mass is 10.2. The van der Waals surface area contributed by atoms with Gasteiger partial charge in [-0.1, -0.05) is 6.92 Å². The van der Waals surface area contributed by atoms with Gasteiger partial charge in [-0.2, -0.15) is 4.57 Å². The maximum absolute atomic E-state index is 12.1. The first-order valence-electron chi connectivity index (χ1n) is 8.06.